The van der Waals surface area contributed by atoms with Gasteiger partial charge in [-0.15, -0.1) is 0 Å². The predicted molar refractivity (Wildman–Crippen MR) is 82.4 cm³/mol. The molecule has 0 aliphatic heterocycles. The van der Waals surface area contributed by atoms with Crippen molar-refractivity contribution in [3.8, 4) is 0 Å². The van der Waals surface area contributed by atoms with E-state index in [1.807, 2.05) is 19.9 Å². The second-order valence-corrected chi connectivity index (χ2v) is 7.02. The van der Waals surface area contributed by atoms with E-state index in [1.165, 1.54) is 0 Å². The Bertz CT molecular complexity index is 708. The number of fused-ring (bicyclic) bond motifs is 1. The summed E-state index contributed by atoms with van der Waals surface area (Å²) in [6.45, 7) is 3.80. The molecular formula is C15H20N2O3S. The highest BCUT2D eigenvalue weighted by molar-refractivity contribution is 7.89. The van der Waals surface area contributed by atoms with Gasteiger partial charge in [0.15, 0.2) is 0 Å². The van der Waals surface area contributed by atoms with E-state index in [9.17, 15) is 8.42 Å². The largest absolute Gasteiger partial charge is 0.396 e. The van der Waals surface area contributed by atoms with E-state index in [-0.39, 0.29) is 23.5 Å². The summed E-state index contributed by atoms with van der Waals surface area (Å²) in [6, 6.07) is 6.52. The molecule has 0 spiro atoms. The van der Waals surface area contributed by atoms with Crippen LogP contribution in [-0.4, -0.2) is 31.2 Å². The molecular weight excluding hydrogens is 288 g/mol. The lowest BCUT2D eigenvalue weighted by molar-refractivity contribution is 0.256. The van der Waals surface area contributed by atoms with E-state index >= 15 is 0 Å². The molecule has 0 aliphatic rings. The van der Waals surface area contributed by atoms with Crippen LogP contribution in [0, 0.1) is 5.92 Å². The maximum atomic E-state index is 12.6. The number of hydrogen-bond donors (Lipinski definition) is 2. The average molecular weight is 308 g/mol. The quantitative estimate of drug-likeness (QED) is 0.854. The van der Waals surface area contributed by atoms with E-state index in [0.717, 1.165) is 5.39 Å². The fourth-order valence-electron chi connectivity index (χ4n) is 2.26. The second kappa shape index (κ2) is 6.51. The number of benzene rings is 1. The van der Waals surface area contributed by atoms with Crippen LogP contribution in [0.25, 0.3) is 10.8 Å². The zero-order valence-corrected chi connectivity index (χ0v) is 13.0. The zero-order valence-electron chi connectivity index (χ0n) is 12.2. The van der Waals surface area contributed by atoms with Crippen LogP contribution in [0.4, 0.5) is 0 Å². The third-order valence-corrected chi connectivity index (χ3v) is 5.03. The summed E-state index contributed by atoms with van der Waals surface area (Å²) in [6.07, 6.45) is 3.61. The maximum absolute atomic E-state index is 12.6. The first-order valence-corrected chi connectivity index (χ1v) is 8.40. The highest BCUT2D eigenvalue weighted by Gasteiger charge is 2.23. The molecule has 6 heteroatoms. The Kier molecular flexibility index (Phi) is 4.92. The van der Waals surface area contributed by atoms with E-state index < -0.39 is 10.0 Å². The van der Waals surface area contributed by atoms with Gasteiger partial charge in [-0.2, -0.15) is 0 Å². The normalized spacial score (nSPS) is 13.7. The third-order valence-electron chi connectivity index (χ3n) is 3.48. The van der Waals surface area contributed by atoms with Crippen LogP contribution < -0.4 is 4.72 Å². The van der Waals surface area contributed by atoms with E-state index in [0.29, 0.717) is 11.8 Å². The Labute approximate surface area is 125 Å². The Hall–Kier alpha value is -1.50. The lowest BCUT2D eigenvalue weighted by atomic mass is 10.0. The molecule has 2 aromatic rings. The molecule has 0 radical (unpaired) electrons. The van der Waals surface area contributed by atoms with Gasteiger partial charge >= 0.3 is 0 Å². The molecule has 2 rings (SSSR count). The smallest absolute Gasteiger partial charge is 0.241 e. The minimum atomic E-state index is -3.64. The minimum Gasteiger partial charge on any atom is -0.396 e. The van der Waals surface area contributed by atoms with Crippen molar-refractivity contribution in [1.82, 2.24) is 9.71 Å². The molecule has 114 valence electrons. The standard InChI is InChI=1S/C15H20N2O3S/c1-11(2)14(7-9-18)17-21(19,20)15-5-3-4-12-10-16-8-6-13(12)15/h3-6,8,10-11,14,17-18H,7,9H2,1-2H3. The first-order chi connectivity index (χ1) is 9.95. The summed E-state index contributed by atoms with van der Waals surface area (Å²) in [5.41, 5.74) is 0. The van der Waals surface area contributed by atoms with Gasteiger partial charge in [-0.05, 0) is 24.5 Å². The molecule has 1 heterocycles. The van der Waals surface area contributed by atoms with Crippen molar-refractivity contribution in [2.75, 3.05) is 6.61 Å². The van der Waals surface area contributed by atoms with Crippen molar-refractivity contribution >= 4 is 20.8 Å². The fourth-order valence-corrected chi connectivity index (χ4v) is 3.91. The van der Waals surface area contributed by atoms with Gasteiger partial charge in [-0.3, -0.25) is 4.98 Å². The van der Waals surface area contributed by atoms with Crippen molar-refractivity contribution < 1.29 is 13.5 Å². The van der Waals surface area contributed by atoms with Crippen LogP contribution in [0.1, 0.15) is 20.3 Å². The van der Waals surface area contributed by atoms with Gasteiger partial charge in [0, 0.05) is 35.8 Å². The van der Waals surface area contributed by atoms with Crippen LogP contribution in [0.2, 0.25) is 0 Å². The summed E-state index contributed by atoms with van der Waals surface area (Å²) in [7, 11) is -3.64. The number of aliphatic hydroxyl groups is 1. The second-order valence-electron chi connectivity index (χ2n) is 5.34. The number of nitrogens with one attached hydrogen (secondary N) is 1. The number of nitrogens with zero attached hydrogens (tertiary/aromatic N) is 1. The lowest BCUT2D eigenvalue weighted by Gasteiger charge is -2.21. The Morgan fingerprint density at radius 2 is 2.05 bits per heavy atom. The number of aliphatic hydroxyl groups excluding tert-OH is 1. The Morgan fingerprint density at radius 1 is 1.29 bits per heavy atom. The summed E-state index contributed by atoms with van der Waals surface area (Å²) in [5.74, 6) is 0.101. The van der Waals surface area contributed by atoms with Crippen LogP contribution in [-0.2, 0) is 10.0 Å². The third kappa shape index (κ3) is 3.58. The Morgan fingerprint density at radius 3 is 2.71 bits per heavy atom. The number of aromatic nitrogens is 1. The first-order valence-electron chi connectivity index (χ1n) is 6.91. The molecule has 0 fully saturated rings. The number of sulfonamides is 1. The Balaban J connectivity index is 2.42. The van der Waals surface area contributed by atoms with Crippen molar-refractivity contribution in [2.24, 2.45) is 5.92 Å². The average Bonchev–Trinajstić information content (AvgIpc) is 2.46. The summed E-state index contributed by atoms with van der Waals surface area (Å²) in [4.78, 5) is 4.25. The molecule has 1 aromatic carbocycles. The lowest BCUT2D eigenvalue weighted by Crippen LogP contribution is -2.39. The topological polar surface area (TPSA) is 79.3 Å². The molecule has 1 unspecified atom stereocenters. The molecule has 0 amide bonds. The van der Waals surface area contributed by atoms with Crippen LogP contribution in [0.5, 0.6) is 0 Å². The van der Waals surface area contributed by atoms with Gasteiger partial charge in [0.2, 0.25) is 10.0 Å². The molecule has 5 nitrogen and oxygen atoms in total. The molecule has 1 atom stereocenters. The molecule has 0 saturated heterocycles. The van der Waals surface area contributed by atoms with Gasteiger partial charge in [0.25, 0.3) is 0 Å². The van der Waals surface area contributed by atoms with E-state index in [2.05, 4.69) is 9.71 Å². The van der Waals surface area contributed by atoms with Gasteiger partial charge < -0.3 is 5.11 Å². The molecule has 0 aliphatic carbocycles. The van der Waals surface area contributed by atoms with E-state index in [1.54, 1.807) is 30.6 Å². The number of rotatable bonds is 6. The molecule has 2 N–H and O–H groups in total. The van der Waals surface area contributed by atoms with Gasteiger partial charge in [-0.25, -0.2) is 13.1 Å². The minimum absolute atomic E-state index is 0.0508. The van der Waals surface area contributed by atoms with Crippen molar-refractivity contribution in [1.29, 1.82) is 0 Å². The van der Waals surface area contributed by atoms with Crippen LogP contribution in [0.15, 0.2) is 41.6 Å². The fraction of sp³-hybridized carbons (Fsp3) is 0.400. The highest BCUT2D eigenvalue weighted by atomic mass is 32.2. The molecule has 1 aromatic heterocycles. The molecule has 0 bridgehead atoms. The first kappa shape index (κ1) is 15.9. The van der Waals surface area contributed by atoms with E-state index in [4.69, 9.17) is 5.11 Å². The van der Waals surface area contributed by atoms with Crippen molar-refractivity contribution in [2.45, 2.75) is 31.2 Å². The van der Waals surface area contributed by atoms with Crippen LogP contribution in [0.3, 0.4) is 0 Å². The summed E-state index contributed by atoms with van der Waals surface area (Å²) >= 11 is 0. The predicted octanol–water partition coefficient (Wildman–Crippen LogP) is 1.92. The maximum Gasteiger partial charge on any atom is 0.241 e. The highest BCUT2D eigenvalue weighted by Crippen LogP contribution is 2.23. The van der Waals surface area contributed by atoms with Crippen molar-refractivity contribution in [3.63, 3.8) is 0 Å². The number of hydrogen-bond acceptors (Lipinski definition) is 4. The van der Waals surface area contributed by atoms with Crippen LogP contribution >= 0.6 is 0 Å². The number of pyridine rings is 1. The zero-order chi connectivity index (χ0) is 15.5. The van der Waals surface area contributed by atoms with Gasteiger partial charge in [0.05, 0.1) is 4.90 Å². The van der Waals surface area contributed by atoms with Crippen molar-refractivity contribution in [3.05, 3.63) is 36.7 Å². The summed E-state index contributed by atoms with van der Waals surface area (Å²) in [5, 5.41) is 10.5. The SMILES string of the molecule is CC(C)C(CCO)NS(=O)(=O)c1cccc2cnccc12. The monoisotopic (exact) mass is 308 g/mol. The van der Waals surface area contributed by atoms with Gasteiger partial charge in [0.1, 0.15) is 0 Å². The summed E-state index contributed by atoms with van der Waals surface area (Å²) < 4.78 is 27.9. The molecule has 21 heavy (non-hydrogen) atoms. The molecule has 0 saturated carbocycles. The van der Waals surface area contributed by atoms with Gasteiger partial charge in [-0.1, -0.05) is 26.0 Å².